The number of rotatable bonds is 1. The van der Waals surface area contributed by atoms with Crippen molar-refractivity contribution in [1.29, 1.82) is 0 Å². The molecule has 0 fully saturated rings. The number of ether oxygens (including phenoxy) is 1. The summed E-state index contributed by atoms with van der Waals surface area (Å²) in [7, 11) is 0. The van der Waals surface area contributed by atoms with Crippen LogP contribution in [-0.4, -0.2) is 18.6 Å². The van der Waals surface area contributed by atoms with Gasteiger partial charge in [-0.05, 0) is 36.8 Å². The second-order valence-corrected chi connectivity index (χ2v) is 4.13. The van der Waals surface area contributed by atoms with Gasteiger partial charge >= 0.3 is 12.3 Å². The molecule has 0 aliphatic carbocycles. The molecular formula is C14H10F3NO3. The molecule has 1 aliphatic heterocycles. The molecule has 1 aromatic rings. The molecule has 1 aliphatic rings. The van der Waals surface area contributed by atoms with Gasteiger partial charge in [-0.15, -0.1) is 0 Å². The summed E-state index contributed by atoms with van der Waals surface area (Å²) in [4.78, 5) is 23.6. The minimum absolute atomic E-state index is 0.0706. The normalized spacial score (nSPS) is 13.7. The molecule has 0 unspecified atom stereocenters. The summed E-state index contributed by atoms with van der Waals surface area (Å²) in [6.45, 7) is 1.65. The van der Waals surface area contributed by atoms with E-state index in [1.165, 1.54) is 12.2 Å². The van der Waals surface area contributed by atoms with E-state index >= 15 is 0 Å². The number of nitrogens with zero attached hydrogens (tertiary/aromatic N) is 1. The maximum Gasteiger partial charge on any atom is 0.419 e. The van der Waals surface area contributed by atoms with Gasteiger partial charge in [-0.25, -0.2) is 14.5 Å². The van der Waals surface area contributed by atoms with Crippen LogP contribution in [0.2, 0.25) is 0 Å². The highest BCUT2D eigenvalue weighted by molar-refractivity contribution is 6.00. The van der Waals surface area contributed by atoms with Crippen molar-refractivity contribution in [2.24, 2.45) is 0 Å². The molecule has 0 saturated carbocycles. The molecule has 21 heavy (non-hydrogen) atoms. The van der Waals surface area contributed by atoms with Gasteiger partial charge in [-0.2, -0.15) is 13.2 Å². The molecular weight excluding hydrogens is 287 g/mol. The van der Waals surface area contributed by atoms with Crippen molar-refractivity contribution in [3.8, 4) is 0 Å². The van der Waals surface area contributed by atoms with Gasteiger partial charge < -0.3 is 4.74 Å². The highest BCUT2D eigenvalue weighted by Crippen LogP contribution is 2.36. The third-order valence-corrected chi connectivity index (χ3v) is 2.81. The van der Waals surface area contributed by atoms with Gasteiger partial charge in [0.25, 0.3) is 0 Å². The zero-order valence-corrected chi connectivity index (χ0v) is 10.9. The maximum absolute atomic E-state index is 12.7. The van der Waals surface area contributed by atoms with Crippen LogP contribution in [0.3, 0.4) is 0 Å². The minimum Gasteiger partial charge on any atom is -0.449 e. The molecule has 1 amide bonds. The lowest BCUT2D eigenvalue weighted by Crippen LogP contribution is -2.32. The van der Waals surface area contributed by atoms with Crippen LogP contribution in [0.25, 0.3) is 6.08 Å². The van der Waals surface area contributed by atoms with E-state index in [4.69, 9.17) is 4.74 Å². The van der Waals surface area contributed by atoms with Crippen LogP contribution >= 0.6 is 0 Å². The van der Waals surface area contributed by atoms with E-state index in [0.717, 1.165) is 23.1 Å². The van der Waals surface area contributed by atoms with E-state index in [-0.39, 0.29) is 23.6 Å². The van der Waals surface area contributed by atoms with Crippen molar-refractivity contribution >= 4 is 23.8 Å². The van der Waals surface area contributed by atoms with Crippen molar-refractivity contribution in [3.63, 3.8) is 0 Å². The van der Waals surface area contributed by atoms with Gasteiger partial charge in [0.1, 0.15) is 5.70 Å². The van der Waals surface area contributed by atoms with Crippen molar-refractivity contribution in [2.45, 2.75) is 13.1 Å². The van der Waals surface area contributed by atoms with Gasteiger partial charge in [0.2, 0.25) is 0 Å². The molecule has 1 heterocycles. The summed E-state index contributed by atoms with van der Waals surface area (Å²) in [5.74, 6) is 1.56. The molecule has 7 heteroatoms. The fourth-order valence-corrected chi connectivity index (χ4v) is 1.91. The van der Waals surface area contributed by atoms with Crippen LogP contribution in [0.15, 0.2) is 30.0 Å². The molecule has 2 rings (SSSR count). The van der Waals surface area contributed by atoms with Crippen LogP contribution in [0, 0.1) is 0 Å². The Morgan fingerprint density at radius 1 is 1.33 bits per heavy atom. The third-order valence-electron chi connectivity index (χ3n) is 2.81. The Kier molecular flexibility index (Phi) is 3.86. The number of allylic oxidation sites excluding steroid dienone is 1. The zero-order valence-electron chi connectivity index (χ0n) is 10.9. The maximum atomic E-state index is 12.7. The smallest absolute Gasteiger partial charge is 0.419 e. The summed E-state index contributed by atoms with van der Waals surface area (Å²) in [5.41, 5.74) is -0.659. The van der Waals surface area contributed by atoms with Crippen molar-refractivity contribution in [1.82, 2.24) is 0 Å². The second-order valence-electron chi connectivity index (χ2n) is 4.13. The van der Waals surface area contributed by atoms with Gasteiger partial charge in [0.15, 0.2) is 5.94 Å². The fraction of sp³-hybridized carbons (Fsp3) is 0.214. The summed E-state index contributed by atoms with van der Waals surface area (Å²) in [6, 6.07) is 2.86. The average Bonchev–Trinajstić information content (AvgIpc) is 2.44. The number of anilines is 1. The molecule has 0 N–H and O–H groups in total. The SMILES string of the molecule is CCOC(=O)N1C(=C=O)C=Cc2cc(C(F)(F)F)ccc21. The lowest BCUT2D eigenvalue weighted by Gasteiger charge is -2.26. The summed E-state index contributed by atoms with van der Waals surface area (Å²) >= 11 is 0. The minimum atomic E-state index is -4.49. The largest absolute Gasteiger partial charge is 0.449 e. The van der Waals surface area contributed by atoms with Crippen LogP contribution < -0.4 is 4.90 Å². The Hall–Kier alpha value is -2.53. The number of hydrogen-bond donors (Lipinski definition) is 0. The third kappa shape index (κ3) is 2.83. The number of amides is 1. The van der Waals surface area contributed by atoms with E-state index in [9.17, 15) is 22.8 Å². The Labute approximate surface area is 118 Å². The van der Waals surface area contributed by atoms with E-state index in [1.54, 1.807) is 12.9 Å². The Morgan fingerprint density at radius 3 is 2.62 bits per heavy atom. The molecule has 1 aromatic carbocycles. The number of fused-ring (bicyclic) bond motifs is 1. The van der Waals surface area contributed by atoms with E-state index < -0.39 is 17.8 Å². The first-order valence-electron chi connectivity index (χ1n) is 5.99. The Morgan fingerprint density at radius 2 is 2.05 bits per heavy atom. The summed E-state index contributed by atoms with van der Waals surface area (Å²) < 4.78 is 42.8. The zero-order chi connectivity index (χ0) is 15.6. The number of alkyl halides is 3. The highest BCUT2D eigenvalue weighted by Gasteiger charge is 2.33. The molecule has 0 aromatic heterocycles. The molecule has 0 saturated heterocycles. The predicted molar refractivity (Wildman–Crippen MR) is 69.2 cm³/mol. The first-order chi connectivity index (χ1) is 9.88. The average molecular weight is 297 g/mol. The monoisotopic (exact) mass is 297 g/mol. The molecule has 0 bridgehead atoms. The number of benzene rings is 1. The van der Waals surface area contributed by atoms with Crippen LogP contribution in [-0.2, 0) is 15.7 Å². The Balaban J connectivity index is 2.53. The molecule has 4 nitrogen and oxygen atoms in total. The van der Waals surface area contributed by atoms with E-state index in [1.807, 2.05) is 0 Å². The first-order valence-corrected chi connectivity index (χ1v) is 5.99. The highest BCUT2D eigenvalue weighted by atomic mass is 19.4. The molecule has 0 spiro atoms. The van der Waals surface area contributed by atoms with Gasteiger partial charge in [0.05, 0.1) is 17.9 Å². The van der Waals surface area contributed by atoms with Gasteiger partial charge in [0, 0.05) is 0 Å². The second kappa shape index (κ2) is 5.46. The summed E-state index contributed by atoms with van der Waals surface area (Å²) in [6.07, 6.45) is -2.80. The number of carbonyl (C=O) groups excluding carboxylic acids is 2. The number of halogens is 3. The molecule has 0 radical (unpaired) electrons. The first kappa shape index (κ1) is 14.9. The van der Waals surface area contributed by atoms with E-state index in [2.05, 4.69) is 0 Å². The van der Waals surface area contributed by atoms with Crippen molar-refractivity contribution in [2.75, 3.05) is 11.5 Å². The Bertz CT molecular complexity index is 658. The molecule has 110 valence electrons. The number of carbonyl (C=O) groups is 1. The molecule has 0 atom stereocenters. The number of hydrogen-bond acceptors (Lipinski definition) is 3. The van der Waals surface area contributed by atoms with Crippen LogP contribution in [0.4, 0.5) is 23.7 Å². The van der Waals surface area contributed by atoms with Crippen LogP contribution in [0.1, 0.15) is 18.1 Å². The van der Waals surface area contributed by atoms with Gasteiger partial charge in [-0.3, -0.25) is 0 Å². The summed E-state index contributed by atoms with van der Waals surface area (Å²) in [5, 5.41) is 0. The lowest BCUT2D eigenvalue weighted by molar-refractivity contribution is -0.137. The standard InChI is InChI=1S/C14H10F3NO3/c1-2-21-13(20)18-11(8-19)5-3-9-7-10(14(15,16)17)4-6-12(9)18/h3-7H,2H2,1H3. The van der Waals surface area contributed by atoms with Crippen LogP contribution in [0.5, 0.6) is 0 Å². The van der Waals surface area contributed by atoms with Crippen molar-refractivity contribution < 1.29 is 27.5 Å². The fourth-order valence-electron chi connectivity index (χ4n) is 1.91. The van der Waals surface area contributed by atoms with E-state index in [0.29, 0.717) is 0 Å². The topological polar surface area (TPSA) is 46.6 Å². The predicted octanol–water partition coefficient (Wildman–Crippen LogP) is 3.41. The quantitative estimate of drug-likeness (QED) is 0.746. The lowest BCUT2D eigenvalue weighted by atomic mass is 10.0. The van der Waals surface area contributed by atoms with Gasteiger partial charge in [-0.1, -0.05) is 6.08 Å². The van der Waals surface area contributed by atoms with Crippen molar-refractivity contribution in [3.05, 3.63) is 41.1 Å².